The van der Waals surface area contributed by atoms with Crippen molar-refractivity contribution in [2.45, 2.75) is 6.42 Å². The summed E-state index contributed by atoms with van der Waals surface area (Å²) in [5.41, 5.74) is 3.27. The van der Waals surface area contributed by atoms with Crippen molar-refractivity contribution in [2.24, 2.45) is 0 Å². The summed E-state index contributed by atoms with van der Waals surface area (Å²) in [6, 6.07) is 15.7. The van der Waals surface area contributed by atoms with E-state index in [1.807, 2.05) is 24.3 Å². The first-order valence-corrected chi connectivity index (χ1v) is 9.32. The summed E-state index contributed by atoms with van der Waals surface area (Å²) >= 11 is 6.17. The molecule has 0 aliphatic rings. The summed E-state index contributed by atoms with van der Waals surface area (Å²) in [5, 5.41) is 8.38. The molecular weight excluding hydrogens is 374 g/mol. The lowest BCUT2D eigenvalue weighted by atomic mass is 10.1. The van der Waals surface area contributed by atoms with Gasteiger partial charge in [-0.3, -0.25) is 0 Å². The smallest absolute Gasteiger partial charge is 0.137 e. The van der Waals surface area contributed by atoms with E-state index in [-0.39, 0.29) is 0 Å². The SMILES string of the molecule is COc1ccc(Nc2cc(NCCc3c[nH]c4ccccc34)ncn2)cc1Cl. The summed E-state index contributed by atoms with van der Waals surface area (Å²) in [4.78, 5) is 11.9. The first-order valence-electron chi connectivity index (χ1n) is 8.94. The number of hydrogen-bond donors (Lipinski definition) is 3. The Hall–Kier alpha value is -3.25. The molecule has 2 heterocycles. The summed E-state index contributed by atoms with van der Waals surface area (Å²) in [6.45, 7) is 0.771. The zero-order valence-corrected chi connectivity index (χ0v) is 16.1. The van der Waals surface area contributed by atoms with E-state index < -0.39 is 0 Å². The van der Waals surface area contributed by atoms with Crippen LogP contribution >= 0.6 is 11.6 Å². The van der Waals surface area contributed by atoms with Crippen LogP contribution in [0.3, 0.4) is 0 Å². The molecule has 0 fully saturated rings. The van der Waals surface area contributed by atoms with E-state index in [9.17, 15) is 0 Å². The van der Waals surface area contributed by atoms with Crippen molar-refractivity contribution in [3.63, 3.8) is 0 Å². The van der Waals surface area contributed by atoms with Crippen LogP contribution in [0.25, 0.3) is 10.9 Å². The standard InChI is InChI=1S/C21H20ClN5O/c1-28-19-7-6-15(10-17(19)22)27-21-11-20(25-13-26-21)23-9-8-14-12-24-18-5-3-2-4-16(14)18/h2-7,10-13,24H,8-9H2,1H3,(H2,23,25,26,27). The van der Waals surface area contributed by atoms with Crippen LogP contribution in [-0.4, -0.2) is 28.6 Å². The molecular formula is C21H20ClN5O. The van der Waals surface area contributed by atoms with Gasteiger partial charge in [0.1, 0.15) is 23.7 Å². The Morgan fingerprint density at radius 3 is 2.79 bits per heavy atom. The first-order chi connectivity index (χ1) is 13.7. The topological polar surface area (TPSA) is 74.9 Å². The largest absolute Gasteiger partial charge is 0.495 e. The van der Waals surface area contributed by atoms with Gasteiger partial charge in [0.2, 0.25) is 0 Å². The predicted molar refractivity (Wildman–Crippen MR) is 114 cm³/mol. The molecule has 4 aromatic rings. The molecule has 0 unspecified atom stereocenters. The van der Waals surface area contributed by atoms with Crippen LogP contribution in [0.1, 0.15) is 5.56 Å². The van der Waals surface area contributed by atoms with Gasteiger partial charge in [0.25, 0.3) is 0 Å². The lowest BCUT2D eigenvalue weighted by Gasteiger charge is -2.10. The monoisotopic (exact) mass is 393 g/mol. The molecule has 7 heteroatoms. The van der Waals surface area contributed by atoms with E-state index in [1.165, 1.54) is 17.3 Å². The summed E-state index contributed by atoms with van der Waals surface area (Å²) in [5.74, 6) is 2.08. The Morgan fingerprint density at radius 1 is 1.07 bits per heavy atom. The summed E-state index contributed by atoms with van der Waals surface area (Å²) in [6.07, 6.45) is 4.49. The maximum atomic E-state index is 6.17. The second-order valence-electron chi connectivity index (χ2n) is 6.30. The minimum atomic E-state index is 0.540. The van der Waals surface area contributed by atoms with E-state index >= 15 is 0 Å². The molecule has 28 heavy (non-hydrogen) atoms. The van der Waals surface area contributed by atoms with Gasteiger partial charge in [0, 0.05) is 35.4 Å². The molecule has 2 aromatic carbocycles. The van der Waals surface area contributed by atoms with Crippen LogP contribution in [0.5, 0.6) is 5.75 Å². The zero-order valence-electron chi connectivity index (χ0n) is 15.4. The number of benzene rings is 2. The number of anilines is 3. The Labute approximate surface area is 167 Å². The quantitative estimate of drug-likeness (QED) is 0.411. The van der Waals surface area contributed by atoms with Crippen molar-refractivity contribution in [2.75, 3.05) is 24.3 Å². The molecule has 3 N–H and O–H groups in total. The zero-order chi connectivity index (χ0) is 19.3. The lowest BCUT2D eigenvalue weighted by Crippen LogP contribution is -2.07. The van der Waals surface area contributed by atoms with Crippen molar-refractivity contribution in [1.82, 2.24) is 15.0 Å². The van der Waals surface area contributed by atoms with Gasteiger partial charge in [-0.25, -0.2) is 9.97 Å². The molecule has 0 radical (unpaired) electrons. The van der Waals surface area contributed by atoms with Crippen LogP contribution in [0.15, 0.2) is 61.1 Å². The molecule has 2 aromatic heterocycles. The Balaban J connectivity index is 1.39. The minimum Gasteiger partial charge on any atom is -0.495 e. The summed E-state index contributed by atoms with van der Waals surface area (Å²) < 4.78 is 5.17. The number of fused-ring (bicyclic) bond motifs is 1. The third-order valence-electron chi connectivity index (χ3n) is 4.47. The molecule has 0 atom stereocenters. The van der Waals surface area contributed by atoms with Crippen molar-refractivity contribution < 1.29 is 4.74 Å². The first kappa shape index (κ1) is 18.1. The average molecular weight is 394 g/mol. The lowest BCUT2D eigenvalue weighted by molar-refractivity contribution is 0.415. The number of aromatic nitrogens is 3. The molecule has 0 spiro atoms. The average Bonchev–Trinajstić information content (AvgIpc) is 3.12. The number of hydrogen-bond acceptors (Lipinski definition) is 5. The van der Waals surface area contributed by atoms with E-state index in [0.29, 0.717) is 16.6 Å². The third-order valence-corrected chi connectivity index (χ3v) is 4.76. The molecule has 0 saturated heterocycles. The van der Waals surface area contributed by atoms with Crippen LogP contribution in [0, 0.1) is 0 Å². The fourth-order valence-corrected chi connectivity index (χ4v) is 3.34. The molecule has 142 valence electrons. The number of H-pyrrole nitrogens is 1. The number of nitrogens with zero attached hydrogens (tertiary/aromatic N) is 2. The molecule has 0 bridgehead atoms. The van der Waals surface area contributed by atoms with Crippen LogP contribution in [0.2, 0.25) is 5.02 Å². The minimum absolute atomic E-state index is 0.540. The van der Waals surface area contributed by atoms with E-state index in [2.05, 4.69) is 50.0 Å². The Bertz CT molecular complexity index is 1100. The highest BCUT2D eigenvalue weighted by atomic mass is 35.5. The summed E-state index contributed by atoms with van der Waals surface area (Å²) in [7, 11) is 1.59. The number of halogens is 1. The number of ether oxygens (including phenoxy) is 1. The van der Waals surface area contributed by atoms with Crippen molar-refractivity contribution in [3.8, 4) is 5.75 Å². The van der Waals surface area contributed by atoms with Gasteiger partial charge in [0.15, 0.2) is 0 Å². The van der Waals surface area contributed by atoms with Gasteiger partial charge in [-0.2, -0.15) is 0 Å². The fraction of sp³-hybridized carbons (Fsp3) is 0.143. The molecule has 4 rings (SSSR count). The van der Waals surface area contributed by atoms with Crippen molar-refractivity contribution in [1.29, 1.82) is 0 Å². The van der Waals surface area contributed by atoms with E-state index in [4.69, 9.17) is 16.3 Å². The highest BCUT2D eigenvalue weighted by Crippen LogP contribution is 2.28. The van der Waals surface area contributed by atoms with Crippen LogP contribution in [-0.2, 0) is 6.42 Å². The van der Waals surface area contributed by atoms with Crippen LogP contribution < -0.4 is 15.4 Å². The van der Waals surface area contributed by atoms with E-state index in [0.717, 1.165) is 30.0 Å². The van der Waals surface area contributed by atoms with Gasteiger partial charge >= 0.3 is 0 Å². The fourth-order valence-electron chi connectivity index (χ4n) is 3.08. The number of rotatable bonds is 7. The van der Waals surface area contributed by atoms with E-state index in [1.54, 1.807) is 13.2 Å². The third kappa shape index (κ3) is 4.02. The van der Waals surface area contributed by atoms with Crippen molar-refractivity contribution in [3.05, 3.63) is 71.6 Å². The number of methoxy groups -OCH3 is 1. The predicted octanol–water partition coefficient (Wildman–Crippen LogP) is 5.02. The number of para-hydroxylation sites is 1. The number of nitrogens with one attached hydrogen (secondary N) is 3. The highest BCUT2D eigenvalue weighted by molar-refractivity contribution is 6.32. The second kappa shape index (κ2) is 8.19. The van der Waals surface area contributed by atoms with Crippen LogP contribution in [0.4, 0.5) is 17.3 Å². The van der Waals surface area contributed by atoms with Gasteiger partial charge in [0.05, 0.1) is 12.1 Å². The molecule has 0 amide bonds. The van der Waals surface area contributed by atoms with Gasteiger partial charge in [-0.1, -0.05) is 29.8 Å². The maximum Gasteiger partial charge on any atom is 0.137 e. The second-order valence-corrected chi connectivity index (χ2v) is 6.71. The van der Waals surface area contributed by atoms with Gasteiger partial charge in [-0.05, 0) is 36.2 Å². The van der Waals surface area contributed by atoms with Crippen molar-refractivity contribution >= 4 is 39.8 Å². The molecule has 6 nitrogen and oxygen atoms in total. The van der Waals surface area contributed by atoms with Gasteiger partial charge < -0.3 is 20.4 Å². The molecule has 0 aliphatic heterocycles. The molecule has 0 saturated carbocycles. The highest BCUT2D eigenvalue weighted by Gasteiger charge is 2.05. The Kier molecular flexibility index (Phi) is 5.30. The molecule has 0 aliphatic carbocycles. The van der Waals surface area contributed by atoms with Gasteiger partial charge in [-0.15, -0.1) is 0 Å². The Morgan fingerprint density at radius 2 is 1.93 bits per heavy atom. The number of aromatic amines is 1. The maximum absolute atomic E-state index is 6.17. The normalized spacial score (nSPS) is 10.8.